The van der Waals surface area contributed by atoms with E-state index in [-0.39, 0.29) is 0 Å². The SMILES string of the molecule is C=COc1cc(-c2nc(-c3ccccc3)nc(-c3ccc(-c4ccccc4)cc3)n2)ccc1-c1c(-c2ccccc2)ccc2c1c1ccccc1n2-c1cccc2oc3cccc(C/C=C\C)c3c12. The third-order valence-corrected chi connectivity index (χ3v) is 13.0. The summed E-state index contributed by atoms with van der Waals surface area (Å²) >= 11 is 0. The average Bonchev–Trinajstić information content (AvgIpc) is 3.97. The lowest BCUT2D eigenvalue weighted by atomic mass is 9.89. The minimum atomic E-state index is 0.527. The number of nitrogens with zero attached hydrogens (tertiary/aromatic N) is 4. The van der Waals surface area contributed by atoms with Crippen molar-refractivity contribution in [3.05, 3.63) is 237 Å². The summed E-state index contributed by atoms with van der Waals surface area (Å²) in [4.78, 5) is 15.3. The van der Waals surface area contributed by atoms with Crippen LogP contribution in [0.4, 0.5) is 0 Å². The van der Waals surface area contributed by atoms with Crippen LogP contribution in [0.15, 0.2) is 236 Å². The van der Waals surface area contributed by atoms with E-state index in [1.54, 1.807) is 0 Å². The van der Waals surface area contributed by atoms with Crippen molar-refractivity contribution in [3.8, 4) is 79.0 Å². The van der Waals surface area contributed by atoms with Crippen molar-refractivity contribution in [2.75, 3.05) is 0 Å². The fourth-order valence-electron chi connectivity index (χ4n) is 9.83. The molecule has 0 aliphatic heterocycles. The summed E-state index contributed by atoms with van der Waals surface area (Å²) in [5.74, 6) is 2.30. The summed E-state index contributed by atoms with van der Waals surface area (Å²) in [6, 6.07) is 71.5. The number of fused-ring (bicyclic) bond motifs is 6. The van der Waals surface area contributed by atoms with Gasteiger partial charge in [-0.2, -0.15) is 0 Å². The highest BCUT2D eigenvalue weighted by molar-refractivity contribution is 6.21. The lowest BCUT2D eigenvalue weighted by molar-refractivity contribution is 0.485. The maximum atomic E-state index is 6.60. The number of rotatable bonds is 11. The van der Waals surface area contributed by atoms with Crippen molar-refractivity contribution in [1.29, 1.82) is 0 Å². The highest BCUT2D eigenvalue weighted by atomic mass is 16.5. The van der Waals surface area contributed by atoms with E-state index < -0.39 is 0 Å². The molecule has 6 nitrogen and oxygen atoms in total. The van der Waals surface area contributed by atoms with Gasteiger partial charge in [-0.3, -0.25) is 0 Å². The number of furan rings is 1. The predicted octanol–water partition coefficient (Wildman–Crippen LogP) is 16.5. The molecule has 3 heterocycles. The van der Waals surface area contributed by atoms with Crippen LogP contribution >= 0.6 is 0 Å². The predicted molar refractivity (Wildman–Crippen MR) is 283 cm³/mol. The third-order valence-electron chi connectivity index (χ3n) is 13.0. The molecule has 12 aromatic rings. The van der Waals surface area contributed by atoms with Gasteiger partial charge in [0.25, 0.3) is 0 Å². The van der Waals surface area contributed by atoms with Crippen molar-refractivity contribution in [2.24, 2.45) is 0 Å². The normalized spacial score (nSPS) is 11.6. The Labute approximate surface area is 399 Å². The topological polar surface area (TPSA) is 66.0 Å². The Morgan fingerprint density at radius 1 is 0.493 bits per heavy atom. The largest absolute Gasteiger partial charge is 0.465 e. The first-order valence-electron chi connectivity index (χ1n) is 23.2. The zero-order chi connectivity index (χ0) is 46.3. The molecule has 0 bridgehead atoms. The second-order valence-electron chi connectivity index (χ2n) is 17.0. The van der Waals surface area contributed by atoms with Gasteiger partial charge >= 0.3 is 0 Å². The molecule has 0 N–H and O–H groups in total. The lowest BCUT2D eigenvalue weighted by Gasteiger charge is -2.17. The van der Waals surface area contributed by atoms with Crippen molar-refractivity contribution in [3.63, 3.8) is 0 Å². The Morgan fingerprint density at radius 2 is 1.06 bits per heavy atom. The van der Waals surface area contributed by atoms with E-state index in [9.17, 15) is 0 Å². The zero-order valence-electron chi connectivity index (χ0n) is 37.9. The van der Waals surface area contributed by atoms with Crippen molar-refractivity contribution >= 4 is 43.7 Å². The fraction of sp³-hybridized carbons (Fsp3) is 0.0317. The fourth-order valence-corrected chi connectivity index (χ4v) is 9.83. The van der Waals surface area contributed by atoms with Gasteiger partial charge in [0.2, 0.25) is 0 Å². The summed E-state index contributed by atoms with van der Waals surface area (Å²) in [6.45, 7) is 6.12. The maximum absolute atomic E-state index is 6.60. The van der Waals surface area contributed by atoms with Crippen LogP contribution in [0.25, 0.3) is 117 Å². The monoisotopic (exact) mass is 888 g/mol. The smallest absolute Gasteiger partial charge is 0.164 e. The van der Waals surface area contributed by atoms with Crippen LogP contribution < -0.4 is 4.74 Å². The van der Waals surface area contributed by atoms with E-state index in [0.29, 0.717) is 23.2 Å². The molecule has 9 aromatic carbocycles. The van der Waals surface area contributed by atoms with Crippen LogP contribution in [0.1, 0.15) is 12.5 Å². The van der Waals surface area contributed by atoms with Crippen LogP contribution in [0.2, 0.25) is 0 Å². The molecule has 3 aromatic heterocycles. The minimum Gasteiger partial charge on any atom is -0.465 e. The molecule has 69 heavy (non-hydrogen) atoms. The number of ether oxygens (including phenoxy) is 1. The summed E-state index contributed by atoms with van der Waals surface area (Å²) < 4.78 is 15.5. The standard InChI is InChI=1S/C63H44N4O2/c1-3-5-19-44-26-17-30-54-57(44)60-52(29-18-31-55(60)69-54)67-51-28-16-15-27-49(51)59-53(67)39-38-48(43-22-11-7-12-23-43)58(59)50-37-36-47(40-56(50)68-4-2)63-65-61(45-24-13-8-14-25-45)64-62(66-63)46-34-32-42(33-35-46)41-20-9-6-10-21-41/h3-18,20-40H,2,19H2,1H3/b5-3-. The number of aromatic nitrogens is 4. The van der Waals surface area contributed by atoms with Crippen LogP contribution in [-0.4, -0.2) is 19.5 Å². The summed E-state index contributed by atoms with van der Waals surface area (Å²) in [7, 11) is 0. The van der Waals surface area contributed by atoms with Gasteiger partial charge in [0.1, 0.15) is 16.9 Å². The van der Waals surface area contributed by atoms with E-state index in [2.05, 4.69) is 194 Å². The van der Waals surface area contributed by atoms with Gasteiger partial charge in [-0.25, -0.2) is 15.0 Å². The van der Waals surface area contributed by atoms with Gasteiger partial charge in [0.15, 0.2) is 17.5 Å². The Kier molecular flexibility index (Phi) is 10.5. The molecule has 0 radical (unpaired) electrons. The van der Waals surface area contributed by atoms with E-state index in [0.717, 1.165) is 106 Å². The molecule has 0 fully saturated rings. The van der Waals surface area contributed by atoms with Crippen molar-refractivity contribution in [2.45, 2.75) is 13.3 Å². The first kappa shape index (κ1) is 41.3. The summed E-state index contributed by atoms with van der Waals surface area (Å²) in [5, 5.41) is 4.43. The van der Waals surface area contributed by atoms with Crippen molar-refractivity contribution in [1.82, 2.24) is 19.5 Å². The first-order chi connectivity index (χ1) is 34.1. The van der Waals surface area contributed by atoms with E-state index in [4.69, 9.17) is 24.1 Å². The number of allylic oxidation sites excluding steroid dienone is 2. The van der Waals surface area contributed by atoms with Crippen LogP contribution in [0.3, 0.4) is 0 Å². The summed E-state index contributed by atoms with van der Waals surface area (Å²) in [6.07, 6.45) is 6.60. The average molecular weight is 889 g/mol. The third kappa shape index (κ3) is 7.36. The highest BCUT2D eigenvalue weighted by Crippen LogP contribution is 2.48. The van der Waals surface area contributed by atoms with E-state index >= 15 is 0 Å². The molecule has 328 valence electrons. The van der Waals surface area contributed by atoms with E-state index in [1.165, 1.54) is 11.8 Å². The minimum absolute atomic E-state index is 0.527. The van der Waals surface area contributed by atoms with E-state index in [1.807, 2.05) is 42.5 Å². The van der Waals surface area contributed by atoms with Gasteiger partial charge in [0.05, 0.1) is 28.4 Å². The molecule has 0 amide bonds. The Hall–Kier alpha value is -9.13. The van der Waals surface area contributed by atoms with Crippen LogP contribution in [0.5, 0.6) is 5.75 Å². The Morgan fingerprint density at radius 3 is 1.77 bits per heavy atom. The maximum Gasteiger partial charge on any atom is 0.164 e. The quantitative estimate of drug-likeness (QED) is 0.0956. The van der Waals surface area contributed by atoms with Gasteiger partial charge in [-0.05, 0) is 83.6 Å². The number of para-hydroxylation sites is 1. The molecule has 0 aliphatic rings. The number of benzene rings is 9. The van der Waals surface area contributed by atoms with Crippen LogP contribution in [0, 0.1) is 0 Å². The molecular weight excluding hydrogens is 845 g/mol. The van der Waals surface area contributed by atoms with Gasteiger partial charge in [-0.1, -0.05) is 183 Å². The Bertz CT molecular complexity index is 3910. The molecule has 12 rings (SSSR count). The van der Waals surface area contributed by atoms with Gasteiger partial charge < -0.3 is 13.7 Å². The lowest BCUT2D eigenvalue weighted by Crippen LogP contribution is -2.01. The van der Waals surface area contributed by atoms with Crippen molar-refractivity contribution < 1.29 is 9.15 Å². The second kappa shape index (κ2) is 17.6. The zero-order valence-corrected chi connectivity index (χ0v) is 37.9. The molecule has 0 spiro atoms. The molecule has 0 saturated carbocycles. The molecule has 0 aliphatic carbocycles. The van der Waals surface area contributed by atoms with Crippen LogP contribution in [-0.2, 0) is 6.42 Å². The van der Waals surface area contributed by atoms with Gasteiger partial charge in [-0.15, -0.1) is 0 Å². The summed E-state index contributed by atoms with van der Waals surface area (Å²) in [5.41, 5.74) is 15.1. The molecule has 0 unspecified atom stereocenters. The highest BCUT2D eigenvalue weighted by Gasteiger charge is 2.25. The molecule has 0 saturated heterocycles. The molecule has 6 heteroatoms. The Balaban J connectivity index is 1.08. The molecule has 0 atom stereocenters. The second-order valence-corrected chi connectivity index (χ2v) is 17.0. The number of hydrogen-bond acceptors (Lipinski definition) is 5. The molecular formula is C63H44N4O2. The number of hydrogen-bond donors (Lipinski definition) is 0. The van der Waals surface area contributed by atoms with Gasteiger partial charge in [0, 0.05) is 44.0 Å². The first-order valence-corrected chi connectivity index (χ1v) is 23.2.